The van der Waals surface area contributed by atoms with Gasteiger partial charge in [0.1, 0.15) is 16.8 Å². The maximum atomic E-state index is 12.5. The number of amides is 1. The highest BCUT2D eigenvalue weighted by Crippen LogP contribution is 2.41. The third-order valence-corrected chi connectivity index (χ3v) is 7.79. The van der Waals surface area contributed by atoms with Crippen molar-refractivity contribution < 1.29 is 9.53 Å². The predicted molar refractivity (Wildman–Crippen MR) is 138 cm³/mol. The Labute approximate surface area is 210 Å². The van der Waals surface area contributed by atoms with Crippen LogP contribution in [-0.4, -0.2) is 41.5 Å². The molecule has 6 nitrogen and oxygen atoms in total. The second-order valence-corrected chi connectivity index (χ2v) is 10.5. The van der Waals surface area contributed by atoms with Gasteiger partial charge in [0, 0.05) is 30.9 Å². The molecule has 1 aromatic heterocycles. The maximum absolute atomic E-state index is 12.5. The largest absolute Gasteiger partial charge is 0.490 e. The van der Waals surface area contributed by atoms with Crippen LogP contribution in [0.25, 0.3) is 21.0 Å². The number of rotatable bonds is 7. The Kier molecular flexibility index (Phi) is 6.85. The number of fused-ring (bicyclic) bond motifs is 1. The van der Waals surface area contributed by atoms with Crippen LogP contribution in [0.5, 0.6) is 5.75 Å². The topological polar surface area (TPSA) is 78.2 Å². The average molecular weight is 487 g/mol. The molecular weight excluding hydrogens is 456 g/mol. The maximum Gasteiger partial charge on any atom is 0.236 e. The van der Waals surface area contributed by atoms with Crippen molar-refractivity contribution in [3.63, 3.8) is 0 Å². The molecule has 1 atom stereocenters. The number of likely N-dealkylation sites (tertiary alicyclic amines) is 1. The minimum atomic E-state index is 0.0104. The van der Waals surface area contributed by atoms with Crippen LogP contribution in [-0.2, 0) is 11.2 Å². The third kappa shape index (κ3) is 4.95. The van der Waals surface area contributed by atoms with Crippen molar-refractivity contribution in [2.45, 2.75) is 51.7 Å². The molecule has 0 bridgehead atoms. The standard InChI is InChI=1S/C28H30N4O2S/c1-18(2)34-25-11-8-19(14-20(25)15-29)28-31-16-26(35-28)23-7-5-6-22-21(23)9-10-24(22)30-17-27(33)32-12-3-4-13-32/h5-8,11,14,16,18,24,30H,3-4,9-10,12-13,17H2,1-2H3/t24-/m0/s1. The van der Waals surface area contributed by atoms with Crippen LogP contribution < -0.4 is 10.1 Å². The van der Waals surface area contributed by atoms with Crippen LogP contribution in [0.15, 0.2) is 42.6 Å². The fourth-order valence-electron chi connectivity index (χ4n) is 5.03. The summed E-state index contributed by atoms with van der Waals surface area (Å²) in [6.45, 7) is 6.08. The molecule has 1 aliphatic carbocycles. The Bertz CT molecular complexity index is 1270. The first-order valence-electron chi connectivity index (χ1n) is 12.3. The number of hydrogen-bond donors (Lipinski definition) is 1. The zero-order valence-electron chi connectivity index (χ0n) is 20.2. The van der Waals surface area contributed by atoms with Crippen LogP contribution in [0.3, 0.4) is 0 Å². The van der Waals surface area contributed by atoms with Crippen LogP contribution in [0.1, 0.15) is 55.8 Å². The van der Waals surface area contributed by atoms with Gasteiger partial charge in [0.05, 0.1) is 23.1 Å². The second kappa shape index (κ2) is 10.2. The van der Waals surface area contributed by atoms with E-state index in [0.717, 1.165) is 54.2 Å². The smallest absolute Gasteiger partial charge is 0.236 e. The minimum Gasteiger partial charge on any atom is -0.490 e. The molecule has 1 fully saturated rings. The van der Waals surface area contributed by atoms with E-state index in [-0.39, 0.29) is 18.1 Å². The van der Waals surface area contributed by atoms with Crippen molar-refractivity contribution in [2.24, 2.45) is 0 Å². The fraction of sp³-hybridized carbons (Fsp3) is 0.393. The molecule has 180 valence electrons. The van der Waals surface area contributed by atoms with Crippen LogP contribution in [0, 0.1) is 11.3 Å². The van der Waals surface area contributed by atoms with Gasteiger partial charge in [-0.05, 0) is 74.4 Å². The Hall–Kier alpha value is -3.21. The van der Waals surface area contributed by atoms with Gasteiger partial charge in [-0.1, -0.05) is 18.2 Å². The van der Waals surface area contributed by atoms with E-state index in [1.165, 1.54) is 16.7 Å². The summed E-state index contributed by atoms with van der Waals surface area (Å²) in [5.74, 6) is 0.811. The number of nitrogens with zero attached hydrogens (tertiary/aromatic N) is 3. The molecule has 0 saturated carbocycles. The molecule has 7 heteroatoms. The van der Waals surface area contributed by atoms with Crippen molar-refractivity contribution in [2.75, 3.05) is 19.6 Å². The monoisotopic (exact) mass is 486 g/mol. The van der Waals surface area contributed by atoms with Crippen molar-refractivity contribution in [3.8, 4) is 32.8 Å². The van der Waals surface area contributed by atoms with Crippen LogP contribution >= 0.6 is 11.3 Å². The van der Waals surface area contributed by atoms with Gasteiger partial charge in [0.15, 0.2) is 0 Å². The van der Waals surface area contributed by atoms with Gasteiger partial charge in [-0.15, -0.1) is 11.3 Å². The highest BCUT2D eigenvalue weighted by Gasteiger charge is 2.27. The molecule has 1 saturated heterocycles. The van der Waals surface area contributed by atoms with Gasteiger partial charge >= 0.3 is 0 Å². The number of aromatic nitrogens is 1. The summed E-state index contributed by atoms with van der Waals surface area (Å²) < 4.78 is 5.76. The lowest BCUT2D eigenvalue weighted by molar-refractivity contribution is -0.129. The summed E-state index contributed by atoms with van der Waals surface area (Å²) in [7, 11) is 0. The number of thiazole rings is 1. The van der Waals surface area contributed by atoms with E-state index < -0.39 is 0 Å². The predicted octanol–water partition coefficient (Wildman–Crippen LogP) is 5.34. The molecule has 5 rings (SSSR count). The van der Waals surface area contributed by atoms with Gasteiger partial charge in [-0.2, -0.15) is 5.26 Å². The molecule has 1 amide bonds. The Balaban J connectivity index is 1.34. The van der Waals surface area contributed by atoms with Gasteiger partial charge in [-0.25, -0.2) is 4.98 Å². The zero-order valence-corrected chi connectivity index (χ0v) is 21.0. The summed E-state index contributed by atoms with van der Waals surface area (Å²) in [4.78, 5) is 20.3. The molecule has 0 unspecified atom stereocenters. The molecule has 1 N–H and O–H groups in total. The first-order valence-corrected chi connectivity index (χ1v) is 13.2. The van der Waals surface area contributed by atoms with Crippen molar-refractivity contribution in [1.29, 1.82) is 5.26 Å². The van der Waals surface area contributed by atoms with E-state index in [4.69, 9.17) is 4.74 Å². The Morgan fingerprint density at radius 1 is 1.29 bits per heavy atom. The average Bonchev–Trinajstić information content (AvgIpc) is 3.63. The van der Waals surface area contributed by atoms with E-state index in [1.807, 2.05) is 43.1 Å². The quantitative estimate of drug-likeness (QED) is 0.488. The lowest BCUT2D eigenvalue weighted by atomic mass is 10.0. The Morgan fingerprint density at radius 3 is 2.89 bits per heavy atom. The molecule has 1 aliphatic heterocycles. The lowest BCUT2D eigenvalue weighted by Crippen LogP contribution is -2.37. The van der Waals surface area contributed by atoms with E-state index in [0.29, 0.717) is 17.9 Å². The van der Waals surface area contributed by atoms with Crippen molar-refractivity contribution >= 4 is 17.2 Å². The van der Waals surface area contributed by atoms with Crippen LogP contribution in [0.4, 0.5) is 0 Å². The van der Waals surface area contributed by atoms with E-state index in [9.17, 15) is 10.1 Å². The number of hydrogen-bond acceptors (Lipinski definition) is 6. The van der Waals surface area contributed by atoms with E-state index in [2.05, 4.69) is 34.6 Å². The number of carbonyl (C=O) groups excluding carboxylic acids is 1. The number of ether oxygens (including phenoxy) is 1. The summed E-state index contributed by atoms with van der Waals surface area (Å²) >= 11 is 1.64. The number of nitrogens with one attached hydrogen (secondary N) is 1. The Morgan fingerprint density at radius 2 is 2.11 bits per heavy atom. The van der Waals surface area contributed by atoms with Crippen LogP contribution in [0.2, 0.25) is 0 Å². The SMILES string of the molecule is CC(C)Oc1ccc(-c2ncc(-c3cccc4c3CC[C@@H]4NCC(=O)N3CCCC3)s2)cc1C#N. The first-order chi connectivity index (χ1) is 17.0. The van der Waals surface area contributed by atoms with Gasteiger partial charge < -0.3 is 15.0 Å². The molecule has 2 heterocycles. The summed E-state index contributed by atoms with van der Waals surface area (Å²) in [5.41, 5.74) is 5.27. The molecule has 35 heavy (non-hydrogen) atoms. The third-order valence-electron chi connectivity index (χ3n) is 6.71. The highest BCUT2D eigenvalue weighted by atomic mass is 32.1. The molecule has 2 aromatic carbocycles. The second-order valence-electron chi connectivity index (χ2n) is 9.45. The van der Waals surface area contributed by atoms with Gasteiger partial charge in [0.2, 0.25) is 5.91 Å². The summed E-state index contributed by atoms with van der Waals surface area (Å²) in [5, 5.41) is 14.0. The molecular formula is C28H30N4O2S. The summed E-state index contributed by atoms with van der Waals surface area (Å²) in [6.07, 6.45) is 6.15. The van der Waals surface area contributed by atoms with Crippen molar-refractivity contribution in [3.05, 3.63) is 59.3 Å². The number of carbonyl (C=O) groups is 1. The molecule has 0 spiro atoms. The van der Waals surface area contributed by atoms with E-state index >= 15 is 0 Å². The fourth-order valence-corrected chi connectivity index (χ4v) is 5.99. The number of benzene rings is 2. The lowest BCUT2D eigenvalue weighted by Gasteiger charge is -2.19. The highest BCUT2D eigenvalue weighted by molar-refractivity contribution is 7.18. The zero-order chi connectivity index (χ0) is 24.4. The molecule has 3 aromatic rings. The summed E-state index contributed by atoms with van der Waals surface area (Å²) in [6, 6.07) is 14.6. The molecule has 2 aliphatic rings. The van der Waals surface area contributed by atoms with Gasteiger partial charge in [-0.3, -0.25) is 4.79 Å². The normalized spacial score (nSPS) is 17.0. The van der Waals surface area contributed by atoms with Gasteiger partial charge in [0.25, 0.3) is 0 Å². The van der Waals surface area contributed by atoms with Crippen molar-refractivity contribution in [1.82, 2.24) is 15.2 Å². The van der Waals surface area contributed by atoms with E-state index in [1.54, 1.807) is 11.3 Å². The first kappa shape index (κ1) is 23.5. The minimum absolute atomic E-state index is 0.0104. The molecule has 0 radical (unpaired) electrons. The number of nitriles is 1.